The first-order valence-corrected chi connectivity index (χ1v) is 10.1. The molecule has 0 saturated heterocycles. The van der Waals surface area contributed by atoms with Crippen molar-refractivity contribution in [1.29, 1.82) is 0 Å². The lowest BCUT2D eigenvalue weighted by atomic mass is 10.0. The van der Waals surface area contributed by atoms with Crippen LogP contribution in [0.5, 0.6) is 5.75 Å². The van der Waals surface area contributed by atoms with Gasteiger partial charge in [0.1, 0.15) is 12.4 Å². The summed E-state index contributed by atoms with van der Waals surface area (Å²) in [6.07, 6.45) is 0. The molecule has 0 aliphatic heterocycles. The average Bonchev–Trinajstić information content (AvgIpc) is 3.14. The number of aromatic nitrogens is 3. The predicted molar refractivity (Wildman–Crippen MR) is 112 cm³/mol. The molecule has 0 aliphatic rings. The molecule has 0 fully saturated rings. The number of amides is 1. The van der Waals surface area contributed by atoms with Gasteiger partial charge >= 0.3 is 0 Å². The minimum absolute atomic E-state index is 0.0928. The van der Waals surface area contributed by atoms with Crippen LogP contribution in [0.15, 0.2) is 53.7 Å². The van der Waals surface area contributed by atoms with Crippen molar-refractivity contribution in [3.8, 4) is 5.75 Å². The molecule has 1 heterocycles. The van der Waals surface area contributed by atoms with Crippen molar-refractivity contribution in [1.82, 2.24) is 15.2 Å². The molecule has 0 bridgehead atoms. The van der Waals surface area contributed by atoms with Crippen LogP contribution in [0.3, 0.4) is 0 Å². The number of aryl methyl sites for hydroxylation is 1. The highest BCUT2D eigenvalue weighted by Gasteiger charge is 2.09. The number of nitrogens with zero attached hydrogens (tertiary/aromatic N) is 2. The van der Waals surface area contributed by atoms with E-state index in [1.807, 2.05) is 55.5 Å². The SMILES string of the molecule is Cc1ccccc1OCc1nc(SCC(=O)Nc2ccc(C(C)C)cc2)n[nH]1. The van der Waals surface area contributed by atoms with E-state index in [4.69, 9.17) is 4.74 Å². The highest BCUT2D eigenvalue weighted by Crippen LogP contribution is 2.19. The van der Waals surface area contributed by atoms with Gasteiger partial charge in [-0.05, 0) is 42.2 Å². The monoisotopic (exact) mass is 396 g/mol. The normalized spacial score (nSPS) is 10.9. The molecule has 0 radical (unpaired) electrons. The second-order valence-electron chi connectivity index (χ2n) is 6.73. The Morgan fingerprint density at radius 2 is 1.93 bits per heavy atom. The highest BCUT2D eigenvalue weighted by atomic mass is 32.2. The van der Waals surface area contributed by atoms with Crippen LogP contribution in [0.1, 0.15) is 36.7 Å². The maximum Gasteiger partial charge on any atom is 0.234 e. The third-order valence-electron chi connectivity index (χ3n) is 4.16. The number of hydrogen-bond acceptors (Lipinski definition) is 5. The van der Waals surface area contributed by atoms with Crippen LogP contribution in [0, 0.1) is 6.92 Å². The van der Waals surface area contributed by atoms with Gasteiger partial charge in [-0.2, -0.15) is 0 Å². The summed E-state index contributed by atoms with van der Waals surface area (Å²) in [5, 5.41) is 10.4. The van der Waals surface area contributed by atoms with Crippen LogP contribution in [-0.2, 0) is 11.4 Å². The molecule has 0 spiro atoms. The van der Waals surface area contributed by atoms with Gasteiger partial charge in [0.25, 0.3) is 0 Å². The molecule has 7 heteroatoms. The first-order valence-electron chi connectivity index (χ1n) is 9.13. The van der Waals surface area contributed by atoms with Gasteiger partial charge in [-0.15, -0.1) is 5.10 Å². The van der Waals surface area contributed by atoms with Gasteiger partial charge in [0, 0.05) is 5.69 Å². The number of carbonyl (C=O) groups is 1. The van der Waals surface area contributed by atoms with E-state index in [-0.39, 0.29) is 11.7 Å². The second-order valence-corrected chi connectivity index (χ2v) is 7.67. The van der Waals surface area contributed by atoms with E-state index in [0.717, 1.165) is 17.0 Å². The highest BCUT2D eigenvalue weighted by molar-refractivity contribution is 7.99. The topological polar surface area (TPSA) is 79.9 Å². The number of benzene rings is 2. The number of rotatable bonds is 8. The molecule has 2 aromatic carbocycles. The summed E-state index contributed by atoms with van der Waals surface area (Å²) in [4.78, 5) is 16.5. The van der Waals surface area contributed by atoms with Crippen LogP contribution in [0.4, 0.5) is 5.69 Å². The van der Waals surface area contributed by atoms with Gasteiger partial charge in [0.05, 0.1) is 5.75 Å². The molecule has 3 rings (SSSR count). The van der Waals surface area contributed by atoms with Crippen LogP contribution in [0.2, 0.25) is 0 Å². The average molecular weight is 397 g/mol. The van der Waals surface area contributed by atoms with Gasteiger partial charge in [0.15, 0.2) is 5.82 Å². The summed E-state index contributed by atoms with van der Waals surface area (Å²) in [6.45, 7) is 6.57. The minimum Gasteiger partial charge on any atom is -0.485 e. The minimum atomic E-state index is -0.0928. The Hall–Kier alpha value is -2.80. The van der Waals surface area contributed by atoms with Gasteiger partial charge in [-0.1, -0.05) is 55.9 Å². The smallest absolute Gasteiger partial charge is 0.234 e. The van der Waals surface area contributed by atoms with Crippen LogP contribution < -0.4 is 10.1 Å². The Labute approximate surface area is 169 Å². The number of aromatic amines is 1. The molecule has 2 N–H and O–H groups in total. The molecule has 0 saturated carbocycles. The summed E-state index contributed by atoms with van der Waals surface area (Å²) in [5.74, 6) is 2.05. The van der Waals surface area contributed by atoms with Crippen molar-refractivity contribution in [2.24, 2.45) is 0 Å². The Morgan fingerprint density at radius 1 is 1.18 bits per heavy atom. The maximum absolute atomic E-state index is 12.1. The lowest BCUT2D eigenvalue weighted by molar-refractivity contribution is -0.113. The fourth-order valence-electron chi connectivity index (χ4n) is 2.55. The number of thioether (sulfide) groups is 1. The van der Waals surface area contributed by atoms with Crippen molar-refractivity contribution >= 4 is 23.4 Å². The standard InChI is InChI=1S/C21H24N4O2S/c1-14(2)16-8-10-17(11-9-16)22-20(26)13-28-21-23-19(24-25-21)12-27-18-7-5-4-6-15(18)3/h4-11,14H,12-13H2,1-3H3,(H,22,26)(H,23,24,25). The van der Waals surface area contributed by atoms with Crippen molar-refractivity contribution in [2.75, 3.05) is 11.1 Å². The quantitative estimate of drug-likeness (QED) is 0.546. The molecule has 1 aromatic heterocycles. The third-order valence-corrected chi connectivity index (χ3v) is 5.01. The summed E-state index contributed by atoms with van der Waals surface area (Å²) in [5.41, 5.74) is 3.10. The molecular formula is C21H24N4O2S. The van der Waals surface area contributed by atoms with Crippen molar-refractivity contribution in [3.05, 3.63) is 65.5 Å². The van der Waals surface area contributed by atoms with E-state index in [1.54, 1.807) is 0 Å². The fraction of sp³-hybridized carbons (Fsp3) is 0.286. The Bertz CT molecular complexity index is 922. The molecule has 6 nitrogen and oxygen atoms in total. The van der Waals surface area contributed by atoms with Crippen LogP contribution in [-0.4, -0.2) is 26.8 Å². The Balaban J connectivity index is 1.46. The zero-order valence-electron chi connectivity index (χ0n) is 16.2. The molecular weight excluding hydrogens is 372 g/mol. The number of hydrogen-bond donors (Lipinski definition) is 2. The fourth-order valence-corrected chi connectivity index (χ4v) is 3.17. The number of ether oxygens (including phenoxy) is 1. The third kappa shape index (κ3) is 5.60. The van der Waals surface area contributed by atoms with Gasteiger partial charge < -0.3 is 10.1 Å². The maximum atomic E-state index is 12.1. The molecule has 0 unspecified atom stereocenters. The van der Waals surface area contributed by atoms with E-state index < -0.39 is 0 Å². The van der Waals surface area contributed by atoms with Crippen molar-refractivity contribution < 1.29 is 9.53 Å². The van der Waals surface area contributed by atoms with Gasteiger partial charge in [0.2, 0.25) is 11.1 Å². The molecule has 146 valence electrons. The van der Waals surface area contributed by atoms with Crippen molar-refractivity contribution in [3.63, 3.8) is 0 Å². The zero-order chi connectivity index (χ0) is 19.9. The number of H-pyrrole nitrogens is 1. The Kier molecular flexibility index (Phi) is 6.71. The lowest BCUT2D eigenvalue weighted by Crippen LogP contribution is -2.14. The first kappa shape index (κ1) is 19.9. The first-order chi connectivity index (χ1) is 13.5. The zero-order valence-corrected chi connectivity index (χ0v) is 17.0. The molecule has 28 heavy (non-hydrogen) atoms. The van der Waals surface area contributed by atoms with E-state index in [1.165, 1.54) is 17.3 Å². The van der Waals surface area contributed by atoms with Crippen LogP contribution in [0.25, 0.3) is 0 Å². The summed E-state index contributed by atoms with van der Waals surface area (Å²) in [6, 6.07) is 15.7. The number of anilines is 1. The molecule has 0 atom stereocenters. The van der Waals surface area contributed by atoms with E-state index in [0.29, 0.717) is 23.5 Å². The largest absolute Gasteiger partial charge is 0.485 e. The molecule has 3 aromatic rings. The van der Waals surface area contributed by atoms with E-state index >= 15 is 0 Å². The van der Waals surface area contributed by atoms with Crippen molar-refractivity contribution in [2.45, 2.75) is 38.5 Å². The van der Waals surface area contributed by atoms with Gasteiger partial charge in [-0.25, -0.2) is 4.98 Å². The lowest BCUT2D eigenvalue weighted by Gasteiger charge is -2.08. The van der Waals surface area contributed by atoms with E-state index in [9.17, 15) is 4.79 Å². The Morgan fingerprint density at radius 3 is 2.64 bits per heavy atom. The molecule has 0 aliphatic carbocycles. The predicted octanol–water partition coefficient (Wildman–Crippen LogP) is 4.55. The molecule has 1 amide bonds. The van der Waals surface area contributed by atoms with E-state index in [2.05, 4.69) is 34.3 Å². The summed E-state index contributed by atoms with van der Waals surface area (Å²) >= 11 is 1.28. The summed E-state index contributed by atoms with van der Waals surface area (Å²) < 4.78 is 5.74. The number of para-hydroxylation sites is 1. The number of carbonyl (C=O) groups excluding carboxylic acids is 1. The number of nitrogens with one attached hydrogen (secondary N) is 2. The van der Waals surface area contributed by atoms with Crippen LogP contribution >= 0.6 is 11.8 Å². The summed E-state index contributed by atoms with van der Waals surface area (Å²) in [7, 11) is 0. The second kappa shape index (κ2) is 9.41. The van der Waals surface area contributed by atoms with Gasteiger partial charge in [-0.3, -0.25) is 9.89 Å².